The summed E-state index contributed by atoms with van der Waals surface area (Å²) in [5.74, 6) is 6.97. The number of carbonyl (C=O) groups excluding carboxylic acids is 2. The largest absolute Gasteiger partial charge is 0.469 e. The van der Waals surface area contributed by atoms with Gasteiger partial charge in [0, 0.05) is 31.6 Å². The van der Waals surface area contributed by atoms with Crippen molar-refractivity contribution in [3.63, 3.8) is 0 Å². The average molecular weight is 449 g/mol. The van der Waals surface area contributed by atoms with Gasteiger partial charge in [0.1, 0.15) is 5.78 Å². The van der Waals surface area contributed by atoms with E-state index in [1.807, 2.05) is 0 Å². The lowest BCUT2D eigenvalue weighted by Crippen LogP contribution is -2.43. The SMILES string of the molecule is CCC[C@@H](/C=C/[C@H]1[C@H](C)CC(=O)[C@@H]1CC#CCCCC(=O)OC)O[Si](C)(C)C(C)(C)C. The van der Waals surface area contributed by atoms with E-state index in [0.29, 0.717) is 43.8 Å². The highest BCUT2D eigenvalue weighted by Crippen LogP contribution is 2.39. The molecule has 0 aromatic heterocycles. The summed E-state index contributed by atoms with van der Waals surface area (Å²) in [6, 6.07) is 0. The first kappa shape index (κ1) is 27.7. The molecule has 0 aromatic rings. The first-order valence-electron chi connectivity index (χ1n) is 11.8. The van der Waals surface area contributed by atoms with E-state index >= 15 is 0 Å². The van der Waals surface area contributed by atoms with Crippen LogP contribution in [0.25, 0.3) is 0 Å². The van der Waals surface area contributed by atoms with Gasteiger partial charge in [0.25, 0.3) is 0 Å². The molecule has 0 aromatic carbocycles. The zero-order chi connectivity index (χ0) is 23.7. The summed E-state index contributed by atoms with van der Waals surface area (Å²) in [6.07, 6.45) is 9.62. The topological polar surface area (TPSA) is 52.6 Å². The predicted octanol–water partition coefficient (Wildman–Crippen LogP) is 6.31. The van der Waals surface area contributed by atoms with Crippen molar-refractivity contribution in [3.05, 3.63) is 12.2 Å². The van der Waals surface area contributed by atoms with E-state index in [1.165, 1.54) is 7.11 Å². The predicted molar refractivity (Wildman–Crippen MR) is 130 cm³/mol. The van der Waals surface area contributed by atoms with Gasteiger partial charge in [-0.05, 0) is 42.8 Å². The summed E-state index contributed by atoms with van der Waals surface area (Å²) in [6.45, 7) is 15.8. The molecule has 1 aliphatic rings. The number of rotatable bonds is 10. The van der Waals surface area contributed by atoms with Crippen molar-refractivity contribution in [2.24, 2.45) is 17.8 Å². The summed E-state index contributed by atoms with van der Waals surface area (Å²) < 4.78 is 11.3. The number of allylic oxidation sites excluding steroid dienone is 1. The number of ether oxygens (including phenoxy) is 1. The van der Waals surface area contributed by atoms with Gasteiger partial charge in [0.2, 0.25) is 0 Å². The van der Waals surface area contributed by atoms with Crippen LogP contribution in [0.5, 0.6) is 0 Å². The normalized spacial score (nSPS) is 23.0. The Labute approximate surface area is 191 Å². The second-order valence-corrected chi connectivity index (χ2v) is 15.2. The van der Waals surface area contributed by atoms with Crippen LogP contribution >= 0.6 is 0 Å². The smallest absolute Gasteiger partial charge is 0.305 e. The van der Waals surface area contributed by atoms with Crippen LogP contribution in [0.4, 0.5) is 0 Å². The molecule has 5 heteroatoms. The number of Topliss-reactive ketones (excluding diaryl/α,β-unsaturated/α-hetero) is 1. The van der Waals surface area contributed by atoms with Gasteiger partial charge in [0.05, 0.1) is 13.2 Å². The molecule has 1 fully saturated rings. The fourth-order valence-corrected chi connectivity index (χ4v) is 5.08. The molecule has 0 bridgehead atoms. The van der Waals surface area contributed by atoms with Crippen LogP contribution in [0.15, 0.2) is 12.2 Å². The van der Waals surface area contributed by atoms with E-state index in [-0.39, 0.29) is 28.9 Å². The van der Waals surface area contributed by atoms with Gasteiger partial charge in [-0.1, -0.05) is 53.2 Å². The van der Waals surface area contributed by atoms with E-state index in [9.17, 15) is 9.59 Å². The lowest BCUT2D eigenvalue weighted by atomic mass is 9.87. The summed E-state index contributed by atoms with van der Waals surface area (Å²) in [5.41, 5.74) is 0. The van der Waals surface area contributed by atoms with Crippen LogP contribution in [0.2, 0.25) is 18.1 Å². The molecule has 0 heterocycles. The Balaban J connectivity index is 2.78. The fraction of sp³-hybridized carbons (Fsp3) is 0.769. The van der Waals surface area contributed by atoms with Crippen LogP contribution in [-0.4, -0.2) is 33.3 Å². The van der Waals surface area contributed by atoms with Gasteiger partial charge >= 0.3 is 5.97 Å². The first-order valence-corrected chi connectivity index (χ1v) is 14.7. The number of unbranched alkanes of at least 4 members (excludes halogenated alkanes) is 1. The van der Waals surface area contributed by atoms with E-state index in [0.717, 1.165) is 12.8 Å². The first-order chi connectivity index (χ1) is 14.4. The monoisotopic (exact) mass is 448 g/mol. The highest BCUT2D eigenvalue weighted by Gasteiger charge is 2.40. The van der Waals surface area contributed by atoms with Gasteiger partial charge in [0.15, 0.2) is 8.32 Å². The van der Waals surface area contributed by atoms with Crippen molar-refractivity contribution < 1.29 is 18.8 Å². The summed E-state index contributed by atoms with van der Waals surface area (Å²) in [5, 5.41) is 0.176. The molecule has 0 spiro atoms. The van der Waals surface area contributed by atoms with Crippen molar-refractivity contribution in [3.8, 4) is 11.8 Å². The second-order valence-electron chi connectivity index (χ2n) is 10.4. The van der Waals surface area contributed by atoms with E-state index in [4.69, 9.17) is 4.43 Å². The second kappa shape index (κ2) is 12.6. The lowest BCUT2D eigenvalue weighted by molar-refractivity contribution is -0.140. The molecule has 31 heavy (non-hydrogen) atoms. The molecule has 176 valence electrons. The Morgan fingerprint density at radius 2 is 1.97 bits per heavy atom. The third kappa shape index (κ3) is 8.94. The van der Waals surface area contributed by atoms with Crippen molar-refractivity contribution in [1.82, 2.24) is 0 Å². The molecule has 0 amide bonds. The van der Waals surface area contributed by atoms with Gasteiger partial charge in [-0.15, -0.1) is 11.8 Å². The highest BCUT2D eigenvalue weighted by atomic mass is 28.4. The Morgan fingerprint density at radius 3 is 2.55 bits per heavy atom. The highest BCUT2D eigenvalue weighted by molar-refractivity contribution is 6.74. The Kier molecular flexibility index (Phi) is 11.2. The molecule has 1 saturated carbocycles. The third-order valence-electron chi connectivity index (χ3n) is 6.79. The van der Waals surface area contributed by atoms with Crippen molar-refractivity contribution in [2.75, 3.05) is 7.11 Å². The number of hydrogen-bond donors (Lipinski definition) is 0. The zero-order valence-corrected chi connectivity index (χ0v) is 22.0. The van der Waals surface area contributed by atoms with E-state index in [1.54, 1.807) is 0 Å². The summed E-state index contributed by atoms with van der Waals surface area (Å²) in [7, 11) is -0.448. The number of esters is 1. The third-order valence-corrected chi connectivity index (χ3v) is 11.3. The number of methoxy groups -OCH3 is 1. The molecule has 0 saturated heterocycles. The number of ketones is 1. The van der Waals surface area contributed by atoms with Gasteiger partial charge in [-0.25, -0.2) is 0 Å². The Hall–Kier alpha value is -1.38. The number of carbonyl (C=O) groups is 2. The maximum Gasteiger partial charge on any atom is 0.305 e. The van der Waals surface area contributed by atoms with E-state index in [2.05, 4.69) is 76.4 Å². The van der Waals surface area contributed by atoms with Crippen LogP contribution < -0.4 is 0 Å². The molecule has 0 aliphatic heterocycles. The molecule has 1 rings (SSSR count). The molecular formula is C26H44O4Si. The lowest BCUT2D eigenvalue weighted by Gasteiger charge is -2.38. The van der Waals surface area contributed by atoms with Crippen molar-refractivity contribution >= 4 is 20.1 Å². The van der Waals surface area contributed by atoms with Gasteiger partial charge in [-0.3, -0.25) is 9.59 Å². The minimum absolute atomic E-state index is 0.0329. The van der Waals surface area contributed by atoms with Crippen LogP contribution in [-0.2, 0) is 18.8 Å². The molecule has 0 radical (unpaired) electrons. The minimum Gasteiger partial charge on any atom is -0.469 e. The molecular weight excluding hydrogens is 404 g/mol. The Bertz CT molecular complexity index is 678. The maximum absolute atomic E-state index is 12.6. The zero-order valence-electron chi connectivity index (χ0n) is 21.0. The molecule has 4 atom stereocenters. The summed E-state index contributed by atoms with van der Waals surface area (Å²) >= 11 is 0. The number of hydrogen-bond acceptors (Lipinski definition) is 4. The van der Waals surface area contributed by atoms with Gasteiger partial charge in [-0.2, -0.15) is 0 Å². The standard InChI is InChI=1S/C26H44O4Si/c1-9-14-21(30-31(7,8)26(3,4)5)17-18-22-20(2)19-24(27)23(22)15-12-10-11-13-16-25(28)29-6/h17-18,20-23H,9,11,13-16,19H2,1-8H3/b18-17+/t20-,21+,22+,23-/m1/s1. The van der Waals surface area contributed by atoms with Crippen molar-refractivity contribution in [1.29, 1.82) is 0 Å². The average Bonchev–Trinajstić information content (AvgIpc) is 2.94. The molecule has 4 nitrogen and oxygen atoms in total. The fourth-order valence-electron chi connectivity index (χ4n) is 3.77. The van der Waals surface area contributed by atoms with Crippen molar-refractivity contribution in [2.45, 2.75) is 104 Å². The molecule has 1 aliphatic carbocycles. The maximum atomic E-state index is 12.6. The quantitative estimate of drug-likeness (QED) is 0.129. The Morgan fingerprint density at radius 1 is 1.29 bits per heavy atom. The minimum atomic E-state index is -1.85. The molecule has 0 unspecified atom stereocenters. The summed E-state index contributed by atoms with van der Waals surface area (Å²) in [4.78, 5) is 23.7. The van der Waals surface area contributed by atoms with Crippen LogP contribution in [0.3, 0.4) is 0 Å². The van der Waals surface area contributed by atoms with Crippen LogP contribution in [0.1, 0.15) is 79.6 Å². The van der Waals surface area contributed by atoms with Crippen LogP contribution in [0, 0.1) is 29.6 Å². The van der Waals surface area contributed by atoms with E-state index < -0.39 is 8.32 Å². The van der Waals surface area contributed by atoms with Gasteiger partial charge < -0.3 is 9.16 Å². The molecule has 0 N–H and O–H groups in total.